The number of rotatable bonds is 5. The maximum atomic E-state index is 11.3. The van der Waals surface area contributed by atoms with Crippen molar-refractivity contribution in [2.75, 3.05) is 6.61 Å². The lowest BCUT2D eigenvalue weighted by atomic mass is 9.67. The lowest BCUT2D eigenvalue weighted by Gasteiger charge is -2.36. The maximum Gasteiger partial charge on any atom is 0.305 e. The molecule has 208 valence electrons. The van der Waals surface area contributed by atoms with Gasteiger partial charge in [0.15, 0.2) is 0 Å². The van der Waals surface area contributed by atoms with Crippen molar-refractivity contribution in [3.05, 3.63) is 71.8 Å². The van der Waals surface area contributed by atoms with E-state index in [0.29, 0.717) is 30.8 Å². The Morgan fingerprint density at radius 3 is 2.08 bits per heavy atom. The summed E-state index contributed by atoms with van der Waals surface area (Å²) in [7, 11) is 0. The van der Waals surface area contributed by atoms with Crippen LogP contribution in [-0.2, 0) is 9.53 Å². The SMILES string of the molecule is CC1C(C)C2CC1C(C#Cc1ccccc1)C2c1ccccc1.CCCC(=O)OCC1CC2CC1C(C)C2C. The Morgan fingerprint density at radius 2 is 1.44 bits per heavy atom. The van der Waals surface area contributed by atoms with Gasteiger partial charge in [0.05, 0.1) is 6.61 Å². The first-order chi connectivity index (χ1) is 18.9. The van der Waals surface area contributed by atoms with Crippen molar-refractivity contribution in [3.63, 3.8) is 0 Å². The summed E-state index contributed by atoms with van der Waals surface area (Å²) in [5, 5.41) is 0. The number of carbonyl (C=O) groups is 1. The molecule has 0 amide bonds. The molecular formula is C37H48O2. The van der Waals surface area contributed by atoms with Gasteiger partial charge < -0.3 is 4.74 Å². The zero-order valence-electron chi connectivity index (χ0n) is 24.7. The van der Waals surface area contributed by atoms with Crippen LogP contribution in [0.3, 0.4) is 0 Å². The van der Waals surface area contributed by atoms with E-state index in [0.717, 1.165) is 59.3 Å². The minimum absolute atomic E-state index is 0.00836. The van der Waals surface area contributed by atoms with E-state index in [1.807, 2.05) is 6.92 Å². The van der Waals surface area contributed by atoms with E-state index < -0.39 is 0 Å². The molecule has 4 aliphatic carbocycles. The van der Waals surface area contributed by atoms with Crippen LogP contribution in [0.15, 0.2) is 60.7 Å². The molecule has 4 aliphatic rings. The number of fused-ring (bicyclic) bond motifs is 4. The monoisotopic (exact) mass is 524 g/mol. The number of hydrogen-bond donors (Lipinski definition) is 0. The quantitative estimate of drug-likeness (QED) is 0.289. The van der Waals surface area contributed by atoms with Crippen molar-refractivity contribution in [2.45, 2.75) is 72.6 Å². The zero-order chi connectivity index (χ0) is 27.5. The molecule has 2 heteroatoms. The minimum Gasteiger partial charge on any atom is -0.465 e. The van der Waals surface area contributed by atoms with E-state index in [1.165, 1.54) is 24.8 Å². The summed E-state index contributed by atoms with van der Waals surface area (Å²) in [5.74, 6) is 15.5. The molecule has 2 aromatic rings. The van der Waals surface area contributed by atoms with Crippen molar-refractivity contribution in [1.82, 2.24) is 0 Å². The number of carbonyl (C=O) groups excluding carboxylic acids is 1. The van der Waals surface area contributed by atoms with Crippen molar-refractivity contribution in [1.29, 1.82) is 0 Å². The molecule has 0 aromatic heterocycles. The van der Waals surface area contributed by atoms with E-state index in [-0.39, 0.29) is 5.97 Å². The van der Waals surface area contributed by atoms with Crippen LogP contribution in [0.4, 0.5) is 0 Å². The number of esters is 1. The number of ether oxygens (including phenoxy) is 1. The average Bonchev–Trinajstić information content (AvgIpc) is 3.69. The van der Waals surface area contributed by atoms with Gasteiger partial charge in [0.2, 0.25) is 0 Å². The Labute approximate surface area is 237 Å². The molecule has 11 unspecified atom stereocenters. The highest BCUT2D eigenvalue weighted by Crippen LogP contribution is 2.61. The first-order valence-corrected chi connectivity index (χ1v) is 15.7. The second kappa shape index (κ2) is 12.3. The summed E-state index contributed by atoms with van der Waals surface area (Å²) in [4.78, 5) is 11.3. The molecule has 6 rings (SSSR count). The van der Waals surface area contributed by atoms with E-state index >= 15 is 0 Å². The van der Waals surface area contributed by atoms with Crippen LogP contribution in [0.1, 0.15) is 83.8 Å². The van der Waals surface area contributed by atoms with Crippen molar-refractivity contribution < 1.29 is 9.53 Å². The Balaban J connectivity index is 0.000000169. The summed E-state index contributed by atoms with van der Waals surface area (Å²) in [6, 6.07) is 21.5. The maximum absolute atomic E-state index is 11.3. The predicted octanol–water partition coefficient (Wildman–Crippen LogP) is 8.62. The lowest BCUT2D eigenvalue weighted by Crippen LogP contribution is -2.30. The molecule has 0 spiro atoms. The van der Waals surface area contributed by atoms with Gasteiger partial charge >= 0.3 is 5.97 Å². The second-order valence-corrected chi connectivity index (χ2v) is 13.2. The van der Waals surface area contributed by atoms with Gasteiger partial charge in [-0.3, -0.25) is 4.79 Å². The average molecular weight is 525 g/mol. The largest absolute Gasteiger partial charge is 0.465 e. The van der Waals surface area contributed by atoms with Gasteiger partial charge in [-0.1, -0.05) is 95.0 Å². The fourth-order valence-electron chi connectivity index (χ4n) is 8.78. The third-order valence-corrected chi connectivity index (χ3v) is 11.3. The molecule has 0 saturated heterocycles. The normalized spacial score (nSPS) is 37.5. The first kappa shape index (κ1) is 28.0. The molecule has 0 heterocycles. The van der Waals surface area contributed by atoms with E-state index in [4.69, 9.17) is 4.74 Å². The van der Waals surface area contributed by atoms with Crippen molar-refractivity contribution >= 4 is 5.97 Å². The number of hydrogen-bond acceptors (Lipinski definition) is 2. The summed E-state index contributed by atoms with van der Waals surface area (Å²) in [6.45, 7) is 12.3. The van der Waals surface area contributed by atoms with Crippen LogP contribution in [0.5, 0.6) is 0 Å². The number of benzene rings is 2. The Bertz CT molecular complexity index is 1140. The highest BCUT2D eigenvalue weighted by Gasteiger charge is 2.54. The van der Waals surface area contributed by atoms with E-state index in [2.05, 4.69) is 100 Å². The third-order valence-electron chi connectivity index (χ3n) is 11.3. The molecule has 0 aliphatic heterocycles. The second-order valence-electron chi connectivity index (χ2n) is 13.2. The van der Waals surface area contributed by atoms with Gasteiger partial charge in [0.1, 0.15) is 0 Å². The summed E-state index contributed by atoms with van der Waals surface area (Å²) >= 11 is 0. The fourth-order valence-corrected chi connectivity index (χ4v) is 8.78. The van der Waals surface area contributed by atoms with E-state index in [9.17, 15) is 4.79 Å². The first-order valence-electron chi connectivity index (χ1n) is 15.7. The van der Waals surface area contributed by atoms with E-state index in [1.54, 1.807) is 0 Å². The molecule has 4 saturated carbocycles. The van der Waals surface area contributed by atoms with Crippen LogP contribution in [-0.4, -0.2) is 12.6 Å². The Kier molecular flexibility index (Phi) is 8.86. The topological polar surface area (TPSA) is 26.3 Å². The van der Waals surface area contributed by atoms with Crippen LogP contribution in [0.25, 0.3) is 0 Å². The molecule has 0 radical (unpaired) electrons. The van der Waals surface area contributed by atoms with Gasteiger partial charge in [-0.15, -0.1) is 0 Å². The minimum atomic E-state index is -0.00836. The smallest absolute Gasteiger partial charge is 0.305 e. The lowest BCUT2D eigenvalue weighted by molar-refractivity contribution is -0.145. The third kappa shape index (κ3) is 5.84. The van der Waals surface area contributed by atoms with Crippen LogP contribution >= 0.6 is 0 Å². The molecule has 4 bridgehead atoms. The standard InChI is InChI=1S/C23H24.C14H24O2/c1-16-17(2)22-15-21(16)20(14-13-18-9-5-3-6-10-18)23(22)19-11-7-4-8-12-19;1-4-5-14(15)16-8-12-6-11-7-13(12)10(3)9(11)2/h3-12,16-17,20-23H,15H2,1-2H3;9-13H,4-8H2,1-3H3. The Hall–Kier alpha value is -2.53. The van der Waals surface area contributed by atoms with Crippen molar-refractivity contribution in [2.24, 2.45) is 59.2 Å². The van der Waals surface area contributed by atoms with Gasteiger partial charge in [0.25, 0.3) is 0 Å². The summed E-state index contributed by atoms with van der Waals surface area (Å²) in [5.41, 5.74) is 2.63. The molecule has 2 aromatic carbocycles. The molecular weight excluding hydrogens is 476 g/mol. The molecule has 4 fully saturated rings. The summed E-state index contributed by atoms with van der Waals surface area (Å²) in [6.07, 6.45) is 5.49. The molecule has 11 atom stereocenters. The predicted molar refractivity (Wildman–Crippen MR) is 160 cm³/mol. The summed E-state index contributed by atoms with van der Waals surface area (Å²) < 4.78 is 5.36. The van der Waals surface area contributed by atoms with Gasteiger partial charge in [-0.05, 0) is 96.6 Å². The highest BCUT2D eigenvalue weighted by molar-refractivity contribution is 5.69. The van der Waals surface area contributed by atoms with Crippen LogP contribution in [0, 0.1) is 71.0 Å². The van der Waals surface area contributed by atoms with Crippen LogP contribution < -0.4 is 0 Å². The van der Waals surface area contributed by atoms with Gasteiger partial charge in [-0.2, -0.15) is 0 Å². The van der Waals surface area contributed by atoms with Gasteiger partial charge in [-0.25, -0.2) is 0 Å². The molecule has 2 nitrogen and oxygen atoms in total. The van der Waals surface area contributed by atoms with Crippen molar-refractivity contribution in [3.8, 4) is 11.8 Å². The molecule has 39 heavy (non-hydrogen) atoms. The zero-order valence-corrected chi connectivity index (χ0v) is 24.7. The fraction of sp³-hybridized carbons (Fsp3) is 0.595. The molecule has 0 N–H and O–H groups in total. The van der Waals surface area contributed by atoms with Crippen LogP contribution in [0.2, 0.25) is 0 Å². The Morgan fingerprint density at radius 1 is 0.795 bits per heavy atom. The van der Waals surface area contributed by atoms with Gasteiger partial charge in [0, 0.05) is 23.8 Å². The highest BCUT2D eigenvalue weighted by atomic mass is 16.5.